The molecule has 0 atom stereocenters. The number of hydrogen-bond acceptors (Lipinski definition) is 5. The average molecular weight is 518 g/mol. The molecule has 0 saturated carbocycles. The van der Waals surface area contributed by atoms with E-state index in [2.05, 4.69) is 72.7 Å². The number of amides is 1. The van der Waals surface area contributed by atoms with Crippen molar-refractivity contribution in [3.05, 3.63) is 71.8 Å². The Balaban J connectivity index is 1.13. The first-order chi connectivity index (χ1) is 18.6. The van der Waals surface area contributed by atoms with Crippen molar-refractivity contribution in [2.75, 3.05) is 26.2 Å². The van der Waals surface area contributed by atoms with Crippen molar-refractivity contribution in [1.82, 2.24) is 34.6 Å². The van der Waals surface area contributed by atoms with Gasteiger partial charge in [0.05, 0.1) is 19.5 Å². The number of carbonyl (C=O) groups excluding carboxylic acids is 1. The Labute approximate surface area is 226 Å². The second-order valence-corrected chi connectivity index (χ2v) is 11.3. The molecule has 1 amide bonds. The fourth-order valence-electron chi connectivity index (χ4n) is 6.39. The Bertz CT molecular complexity index is 1080. The fourth-order valence-corrected chi connectivity index (χ4v) is 6.39. The molecule has 5 rings (SSSR count). The van der Waals surface area contributed by atoms with E-state index in [0.717, 1.165) is 49.3 Å². The van der Waals surface area contributed by atoms with E-state index in [1.54, 1.807) is 12.4 Å². The average Bonchev–Trinajstić information content (AvgIpc) is 3.71. The van der Waals surface area contributed by atoms with Crippen LogP contribution in [0.15, 0.2) is 49.1 Å². The highest BCUT2D eigenvalue weighted by Gasteiger charge is 2.42. The molecule has 8 nitrogen and oxygen atoms in total. The molecular formula is C30H43N7O. The van der Waals surface area contributed by atoms with Crippen molar-refractivity contribution in [3.8, 4) is 0 Å². The number of carbonyl (C=O) groups is 1. The smallest absolute Gasteiger partial charge is 0.227 e. The number of imidazole rings is 2. The van der Waals surface area contributed by atoms with Crippen molar-refractivity contribution in [1.29, 1.82) is 0 Å². The zero-order valence-electron chi connectivity index (χ0n) is 23.0. The summed E-state index contributed by atoms with van der Waals surface area (Å²) in [4.78, 5) is 35.5. The minimum Gasteiger partial charge on any atom is -0.348 e. The predicted molar refractivity (Wildman–Crippen MR) is 149 cm³/mol. The van der Waals surface area contributed by atoms with Crippen LogP contribution in [0.3, 0.4) is 0 Å². The lowest BCUT2D eigenvalue weighted by molar-refractivity contribution is -0.130. The lowest BCUT2D eigenvalue weighted by atomic mass is 9.77. The number of rotatable bonds is 11. The molecule has 2 saturated heterocycles. The highest BCUT2D eigenvalue weighted by atomic mass is 16.2. The second kappa shape index (κ2) is 12.3. The number of nitrogens with zero attached hydrogens (tertiary/aromatic N) is 5. The van der Waals surface area contributed by atoms with E-state index in [4.69, 9.17) is 0 Å². The fraction of sp³-hybridized carbons (Fsp3) is 0.567. The van der Waals surface area contributed by atoms with Gasteiger partial charge in [0.15, 0.2) is 0 Å². The standard InChI is InChI=1S/C30H43N7O/c1-3-26(4-2)36-16-9-30(10-17-36)11-18-37(23-30)29(38)19-24-5-7-25(8-6-24)20-35(21-27-31-12-13-32-27)22-28-33-14-15-34-28/h5-8,12-15,26H,3-4,9-11,16-23H2,1-2H3,(H,31,32)(H,33,34). The zero-order valence-corrected chi connectivity index (χ0v) is 23.0. The predicted octanol–water partition coefficient (Wildman–Crippen LogP) is 4.38. The molecule has 2 aliphatic heterocycles. The van der Waals surface area contributed by atoms with E-state index in [9.17, 15) is 4.79 Å². The Kier molecular flexibility index (Phi) is 8.59. The summed E-state index contributed by atoms with van der Waals surface area (Å²) in [7, 11) is 0. The third-order valence-electron chi connectivity index (χ3n) is 8.75. The summed E-state index contributed by atoms with van der Waals surface area (Å²) in [5, 5.41) is 0. The molecule has 3 aromatic rings. The zero-order chi connectivity index (χ0) is 26.4. The van der Waals surface area contributed by atoms with Crippen molar-refractivity contribution < 1.29 is 4.79 Å². The normalized spacial score (nSPS) is 17.7. The third-order valence-corrected chi connectivity index (χ3v) is 8.75. The van der Waals surface area contributed by atoms with Crippen LogP contribution < -0.4 is 0 Å². The summed E-state index contributed by atoms with van der Waals surface area (Å²) in [6, 6.07) is 9.26. The van der Waals surface area contributed by atoms with Gasteiger partial charge in [-0.15, -0.1) is 0 Å². The SMILES string of the molecule is CCC(CC)N1CCC2(CCN(C(=O)Cc3ccc(CN(Cc4ncc[nH]4)Cc4ncc[nH]4)cc3)C2)CC1. The molecule has 0 unspecified atom stereocenters. The number of likely N-dealkylation sites (tertiary alicyclic amines) is 2. The van der Waals surface area contributed by atoms with Gasteiger partial charge >= 0.3 is 0 Å². The van der Waals surface area contributed by atoms with E-state index in [-0.39, 0.29) is 5.91 Å². The number of hydrogen-bond donors (Lipinski definition) is 2. The molecule has 0 bridgehead atoms. The van der Waals surface area contributed by atoms with E-state index >= 15 is 0 Å². The maximum atomic E-state index is 13.2. The molecule has 0 radical (unpaired) electrons. The van der Waals surface area contributed by atoms with E-state index in [1.165, 1.54) is 44.3 Å². The Morgan fingerprint density at radius 2 is 1.47 bits per heavy atom. The maximum absolute atomic E-state index is 13.2. The van der Waals surface area contributed by atoms with Gasteiger partial charge in [-0.05, 0) is 61.7 Å². The van der Waals surface area contributed by atoms with Gasteiger partial charge in [0.25, 0.3) is 0 Å². The summed E-state index contributed by atoms with van der Waals surface area (Å²) in [6.45, 7) is 11.0. The van der Waals surface area contributed by atoms with Gasteiger partial charge in [-0.25, -0.2) is 9.97 Å². The summed E-state index contributed by atoms with van der Waals surface area (Å²) >= 11 is 0. The molecule has 1 spiro atoms. The summed E-state index contributed by atoms with van der Waals surface area (Å²) < 4.78 is 0. The van der Waals surface area contributed by atoms with Gasteiger partial charge in [-0.2, -0.15) is 0 Å². The molecule has 2 fully saturated rings. The molecule has 38 heavy (non-hydrogen) atoms. The van der Waals surface area contributed by atoms with Crippen LogP contribution in [0.2, 0.25) is 0 Å². The number of nitrogens with one attached hydrogen (secondary N) is 2. The molecule has 8 heteroatoms. The summed E-state index contributed by atoms with van der Waals surface area (Å²) in [5.74, 6) is 2.14. The summed E-state index contributed by atoms with van der Waals surface area (Å²) in [5.41, 5.74) is 2.64. The topological polar surface area (TPSA) is 84.2 Å². The molecule has 0 aliphatic carbocycles. The number of aromatic nitrogens is 4. The quantitative estimate of drug-likeness (QED) is 0.394. The lowest BCUT2D eigenvalue weighted by Crippen LogP contribution is -2.46. The maximum Gasteiger partial charge on any atom is 0.227 e. The molecule has 2 aromatic heterocycles. The summed E-state index contributed by atoms with van der Waals surface area (Å²) in [6.07, 6.45) is 13.9. The highest BCUT2D eigenvalue weighted by Crippen LogP contribution is 2.41. The first-order valence-corrected chi connectivity index (χ1v) is 14.3. The first-order valence-electron chi connectivity index (χ1n) is 14.3. The first kappa shape index (κ1) is 26.6. The van der Waals surface area contributed by atoms with Crippen LogP contribution in [0.1, 0.15) is 68.7 Å². The monoisotopic (exact) mass is 517 g/mol. The molecule has 204 valence electrons. The van der Waals surface area contributed by atoms with Crippen LogP contribution >= 0.6 is 0 Å². The van der Waals surface area contributed by atoms with Crippen molar-refractivity contribution in [3.63, 3.8) is 0 Å². The molecular weight excluding hydrogens is 474 g/mol. The van der Waals surface area contributed by atoms with Crippen LogP contribution in [-0.2, 0) is 30.8 Å². The van der Waals surface area contributed by atoms with Crippen molar-refractivity contribution in [2.45, 2.75) is 78.0 Å². The number of aromatic amines is 2. The van der Waals surface area contributed by atoms with Crippen LogP contribution in [0, 0.1) is 5.41 Å². The van der Waals surface area contributed by atoms with E-state index < -0.39 is 0 Å². The lowest BCUT2D eigenvalue weighted by Gasteiger charge is -2.42. The Morgan fingerprint density at radius 3 is 2.03 bits per heavy atom. The van der Waals surface area contributed by atoms with Gasteiger partial charge in [-0.3, -0.25) is 9.69 Å². The number of benzene rings is 1. The molecule has 2 aliphatic rings. The molecule has 2 N–H and O–H groups in total. The largest absolute Gasteiger partial charge is 0.348 e. The highest BCUT2D eigenvalue weighted by molar-refractivity contribution is 5.79. The van der Waals surface area contributed by atoms with Crippen LogP contribution in [0.4, 0.5) is 0 Å². The number of piperidine rings is 1. The molecule has 1 aromatic carbocycles. The Hall–Kier alpha value is -2.97. The van der Waals surface area contributed by atoms with E-state index in [0.29, 0.717) is 24.9 Å². The van der Waals surface area contributed by atoms with Gasteiger partial charge in [0.2, 0.25) is 5.91 Å². The van der Waals surface area contributed by atoms with Crippen LogP contribution in [-0.4, -0.2) is 72.8 Å². The number of H-pyrrole nitrogens is 2. The van der Waals surface area contributed by atoms with Crippen molar-refractivity contribution in [2.24, 2.45) is 5.41 Å². The van der Waals surface area contributed by atoms with Crippen LogP contribution in [0.5, 0.6) is 0 Å². The Morgan fingerprint density at radius 1 is 0.895 bits per heavy atom. The third kappa shape index (κ3) is 6.53. The van der Waals surface area contributed by atoms with Gasteiger partial charge in [0.1, 0.15) is 11.6 Å². The van der Waals surface area contributed by atoms with Gasteiger partial charge in [-0.1, -0.05) is 38.1 Å². The minimum atomic E-state index is 0.273. The van der Waals surface area contributed by atoms with Gasteiger partial charge in [0, 0.05) is 50.5 Å². The van der Waals surface area contributed by atoms with E-state index in [1.807, 2.05) is 12.4 Å². The molecule has 4 heterocycles. The van der Waals surface area contributed by atoms with Crippen LogP contribution in [0.25, 0.3) is 0 Å². The minimum absolute atomic E-state index is 0.273. The van der Waals surface area contributed by atoms with Crippen molar-refractivity contribution >= 4 is 5.91 Å². The van der Waals surface area contributed by atoms with Gasteiger partial charge < -0.3 is 19.8 Å². The second-order valence-electron chi connectivity index (χ2n) is 11.3.